The standard InChI is InChI=1S/C19H20F2O3/c1-3-13-8-7-11-17(24-18(22)4-2)15(13)12-23-16-10-6-5-9-14(16)19(20)21/h5-11,19H,3-4,12H2,1-2H3. The summed E-state index contributed by atoms with van der Waals surface area (Å²) < 4.78 is 37.0. The number of ether oxygens (including phenoxy) is 2. The average Bonchev–Trinajstić information content (AvgIpc) is 2.60. The SMILES string of the molecule is CCC(=O)Oc1cccc(CC)c1COc1ccccc1C(F)F. The van der Waals surface area contributed by atoms with Crippen LogP contribution in [0.2, 0.25) is 0 Å². The maximum Gasteiger partial charge on any atom is 0.310 e. The lowest BCUT2D eigenvalue weighted by molar-refractivity contribution is -0.134. The fourth-order valence-corrected chi connectivity index (χ4v) is 2.34. The van der Waals surface area contributed by atoms with Crippen molar-refractivity contribution >= 4 is 5.97 Å². The summed E-state index contributed by atoms with van der Waals surface area (Å²) in [6.45, 7) is 3.73. The lowest BCUT2D eigenvalue weighted by Crippen LogP contribution is -2.10. The minimum atomic E-state index is -2.61. The molecule has 0 radical (unpaired) electrons. The van der Waals surface area contributed by atoms with Crippen molar-refractivity contribution in [2.24, 2.45) is 0 Å². The van der Waals surface area contributed by atoms with Gasteiger partial charge in [0.1, 0.15) is 18.1 Å². The number of halogens is 2. The molecular weight excluding hydrogens is 314 g/mol. The van der Waals surface area contributed by atoms with E-state index >= 15 is 0 Å². The molecule has 0 aliphatic rings. The first-order valence-electron chi connectivity index (χ1n) is 7.88. The molecule has 5 heteroatoms. The highest BCUT2D eigenvalue weighted by Gasteiger charge is 2.16. The van der Waals surface area contributed by atoms with Crippen LogP contribution >= 0.6 is 0 Å². The minimum Gasteiger partial charge on any atom is -0.488 e. The van der Waals surface area contributed by atoms with Crippen molar-refractivity contribution in [3.8, 4) is 11.5 Å². The summed E-state index contributed by atoms with van der Waals surface area (Å²) in [4.78, 5) is 11.6. The number of para-hydroxylation sites is 1. The summed E-state index contributed by atoms with van der Waals surface area (Å²) in [5.74, 6) is 0.194. The number of hydrogen-bond acceptors (Lipinski definition) is 3. The van der Waals surface area contributed by atoms with Crippen LogP contribution in [-0.4, -0.2) is 5.97 Å². The summed E-state index contributed by atoms with van der Waals surface area (Å²) in [6.07, 6.45) is -1.64. The molecular formula is C19H20F2O3. The van der Waals surface area contributed by atoms with Crippen LogP contribution in [0.1, 0.15) is 43.4 Å². The van der Waals surface area contributed by atoms with Gasteiger partial charge in [0.25, 0.3) is 6.43 Å². The van der Waals surface area contributed by atoms with Crippen LogP contribution in [0.5, 0.6) is 11.5 Å². The third kappa shape index (κ3) is 4.31. The molecule has 0 aromatic heterocycles. The number of hydrogen-bond donors (Lipinski definition) is 0. The molecule has 24 heavy (non-hydrogen) atoms. The Morgan fingerprint density at radius 1 is 1.04 bits per heavy atom. The second-order valence-electron chi connectivity index (χ2n) is 5.20. The molecule has 0 spiro atoms. The second kappa shape index (κ2) is 8.43. The van der Waals surface area contributed by atoms with Gasteiger partial charge in [-0.3, -0.25) is 4.79 Å². The van der Waals surface area contributed by atoms with Crippen molar-refractivity contribution in [2.45, 2.75) is 39.7 Å². The van der Waals surface area contributed by atoms with E-state index in [-0.39, 0.29) is 30.3 Å². The van der Waals surface area contributed by atoms with Crippen LogP contribution in [0.15, 0.2) is 42.5 Å². The van der Waals surface area contributed by atoms with E-state index in [1.54, 1.807) is 31.2 Å². The highest BCUT2D eigenvalue weighted by Crippen LogP contribution is 2.31. The van der Waals surface area contributed by atoms with Crippen molar-refractivity contribution < 1.29 is 23.0 Å². The van der Waals surface area contributed by atoms with E-state index in [1.807, 2.05) is 13.0 Å². The zero-order chi connectivity index (χ0) is 17.5. The molecule has 2 aromatic carbocycles. The van der Waals surface area contributed by atoms with Crippen LogP contribution in [0.3, 0.4) is 0 Å². The average molecular weight is 334 g/mol. The molecule has 3 nitrogen and oxygen atoms in total. The number of carbonyl (C=O) groups excluding carboxylic acids is 1. The predicted molar refractivity (Wildman–Crippen MR) is 87.5 cm³/mol. The van der Waals surface area contributed by atoms with Crippen molar-refractivity contribution in [3.05, 3.63) is 59.2 Å². The Balaban J connectivity index is 2.27. The fraction of sp³-hybridized carbons (Fsp3) is 0.316. The van der Waals surface area contributed by atoms with Gasteiger partial charge in [-0.2, -0.15) is 0 Å². The van der Waals surface area contributed by atoms with Crippen LogP contribution in [0.4, 0.5) is 8.78 Å². The Hall–Kier alpha value is -2.43. The highest BCUT2D eigenvalue weighted by atomic mass is 19.3. The van der Waals surface area contributed by atoms with Crippen LogP contribution in [-0.2, 0) is 17.8 Å². The van der Waals surface area contributed by atoms with Gasteiger partial charge in [-0.1, -0.05) is 38.1 Å². The van der Waals surface area contributed by atoms with E-state index in [0.29, 0.717) is 17.7 Å². The van der Waals surface area contributed by atoms with E-state index in [2.05, 4.69) is 0 Å². The zero-order valence-electron chi connectivity index (χ0n) is 13.7. The minimum absolute atomic E-state index is 0.0556. The Bertz CT molecular complexity index is 699. The number of benzene rings is 2. The van der Waals surface area contributed by atoms with E-state index in [0.717, 1.165) is 5.56 Å². The molecule has 2 aromatic rings. The number of esters is 1. The molecule has 0 heterocycles. The smallest absolute Gasteiger partial charge is 0.310 e. The molecule has 0 saturated heterocycles. The first-order chi connectivity index (χ1) is 11.6. The third-order valence-corrected chi connectivity index (χ3v) is 3.65. The molecule has 0 aliphatic carbocycles. The van der Waals surface area contributed by atoms with Gasteiger partial charge in [-0.05, 0) is 30.2 Å². The molecule has 2 rings (SSSR count). The Labute approximate surface area is 140 Å². The lowest BCUT2D eigenvalue weighted by Gasteiger charge is -2.16. The maximum absolute atomic E-state index is 13.0. The van der Waals surface area contributed by atoms with Crippen molar-refractivity contribution in [1.82, 2.24) is 0 Å². The first-order valence-corrected chi connectivity index (χ1v) is 7.88. The molecule has 0 saturated carbocycles. The van der Waals surface area contributed by atoms with Crippen molar-refractivity contribution in [2.75, 3.05) is 0 Å². The van der Waals surface area contributed by atoms with Crippen molar-refractivity contribution in [3.63, 3.8) is 0 Å². The summed E-state index contributed by atoms with van der Waals surface area (Å²) >= 11 is 0. The van der Waals surface area contributed by atoms with E-state index in [9.17, 15) is 13.6 Å². The monoisotopic (exact) mass is 334 g/mol. The summed E-state index contributed by atoms with van der Waals surface area (Å²) in [6, 6.07) is 11.4. The van der Waals surface area contributed by atoms with Gasteiger partial charge in [0, 0.05) is 12.0 Å². The third-order valence-electron chi connectivity index (χ3n) is 3.65. The number of aryl methyl sites for hydroxylation is 1. The lowest BCUT2D eigenvalue weighted by atomic mass is 10.0. The summed E-state index contributed by atoms with van der Waals surface area (Å²) in [5.41, 5.74) is 1.50. The fourth-order valence-electron chi connectivity index (χ4n) is 2.34. The Morgan fingerprint density at radius 3 is 2.42 bits per heavy atom. The van der Waals surface area contributed by atoms with Crippen LogP contribution < -0.4 is 9.47 Å². The molecule has 0 fully saturated rings. The van der Waals surface area contributed by atoms with Crippen LogP contribution in [0, 0.1) is 0 Å². The number of carbonyl (C=O) groups is 1. The van der Waals surface area contributed by atoms with E-state index < -0.39 is 6.43 Å². The quantitative estimate of drug-likeness (QED) is 0.523. The van der Waals surface area contributed by atoms with Crippen LogP contribution in [0.25, 0.3) is 0 Å². The Kier molecular flexibility index (Phi) is 6.29. The largest absolute Gasteiger partial charge is 0.488 e. The van der Waals surface area contributed by atoms with Crippen molar-refractivity contribution in [1.29, 1.82) is 0 Å². The van der Waals surface area contributed by atoms with E-state index in [1.165, 1.54) is 12.1 Å². The summed E-state index contributed by atoms with van der Waals surface area (Å²) in [5, 5.41) is 0. The van der Waals surface area contributed by atoms with Gasteiger partial charge in [0.2, 0.25) is 0 Å². The van der Waals surface area contributed by atoms with Gasteiger partial charge in [0.15, 0.2) is 0 Å². The molecule has 0 aliphatic heterocycles. The highest BCUT2D eigenvalue weighted by molar-refractivity contribution is 5.72. The summed E-state index contributed by atoms with van der Waals surface area (Å²) in [7, 11) is 0. The first kappa shape index (κ1) is 17.9. The predicted octanol–water partition coefficient (Wildman–Crippen LogP) is 5.08. The van der Waals surface area contributed by atoms with Gasteiger partial charge >= 0.3 is 5.97 Å². The molecule has 0 atom stereocenters. The Morgan fingerprint density at radius 2 is 1.75 bits per heavy atom. The molecule has 0 N–H and O–H groups in total. The number of rotatable bonds is 7. The van der Waals surface area contributed by atoms with E-state index in [4.69, 9.17) is 9.47 Å². The molecule has 0 amide bonds. The maximum atomic E-state index is 13.0. The van der Waals surface area contributed by atoms with Gasteiger partial charge in [-0.25, -0.2) is 8.78 Å². The van der Waals surface area contributed by atoms with Gasteiger partial charge in [-0.15, -0.1) is 0 Å². The second-order valence-corrected chi connectivity index (χ2v) is 5.20. The van der Waals surface area contributed by atoms with Gasteiger partial charge < -0.3 is 9.47 Å². The zero-order valence-corrected chi connectivity index (χ0v) is 13.7. The number of alkyl halides is 2. The normalized spacial score (nSPS) is 10.7. The molecule has 0 bridgehead atoms. The topological polar surface area (TPSA) is 35.5 Å². The molecule has 128 valence electrons. The van der Waals surface area contributed by atoms with Gasteiger partial charge in [0.05, 0.1) is 5.56 Å². The molecule has 0 unspecified atom stereocenters.